The fraction of sp³-hybridized carbons (Fsp3) is 0.333. The zero-order valence-corrected chi connectivity index (χ0v) is 23.5. The zero-order chi connectivity index (χ0) is 28.1. The van der Waals surface area contributed by atoms with Crippen LogP contribution in [0.3, 0.4) is 0 Å². The van der Waals surface area contributed by atoms with Crippen molar-refractivity contribution in [2.45, 2.75) is 25.3 Å². The summed E-state index contributed by atoms with van der Waals surface area (Å²) in [6, 6.07) is 25.6. The molecule has 2 heterocycles. The second-order valence-corrected chi connectivity index (χ2v) is 10.3. The zero-order valence-electron chi connectivity index (χ0n) is 23.5. The van der Waals surface area contributed by atoms with Gasteiger partial charge in [-0.1, -0.05) is 54.6 Å². The van der Waals surface area contributed by atoms with Gasteiger partial charge in [0.2, 0.25) is 5.91 Å². The number of aromatic nitrogens is 1. The third-order valence-electron chi connectivity index (χ3n) is 7.91. The standard InChI is InChI=1S/C33H38N4O3/c1-4-36(24-13-6-5-7-14-24)20-12-19-34-32(38)30-26-16-8-9-17-27(26)33(39)37(21-22-40-3)31(30)28-23-35(2)29-18-11-10-15-25(28)29/h5-11,13-18,23,30-31H,4,12,19-22H2,1-3H3,(H,34,38). The van der Waals surface area contributed by atoms with Crippen LogP contribution in [-0.2, 0) is 16.6 Å². The van der Waals surface area contributed by atoms with E-state index in [-0.39, 0.29) is 11.8 Å². The minimum atomic E-state index is -0.548. The summed E-state index contributed by atoms with van der Waals surface area (Å²) in [6.45, 7) is 5.21. The van der Waals surface area contributed by atoms with Crippen LogP contribution >= 0.6 is 0 Å². The molecule has 2 unspecified atom stereocenters. The highest BCUT2D eigenvalue weighted by Gasteiger charge is 2.44. The van der Waals surface area contributed by atoms with Crippen molar-refractivity contribution >= 4 is 28.4 Å². The van der Waals surface area contributed by atoms with Crippen molar-refractivity contribution in [2.24, 2.45) is 7.05 Å². The number of benzene rings is 3. The molecule has 2 atom stereocenters. The molecule has 40 heavy (non-hydrogen) atoms. The number of aryl methyl sites for hydroxylation is 1. The summed E-state index contributed by atoms with van der Waals surface area (Å²) in [7, 11) is 3.64. The number of methoxy groups -OCH3 is 1. The number of fused-ring (bicyclic) bond motifs is 2. The van der Waals surface area contributed by atoms with Gasteiger partial charge in [0.1, 0.15) is 0 Å². The van der Waals surface area contributed by atoms with Gasteiger partial charge in [-0.15, -0.1) is 0 Å². The lowest BCUT2D eigenvalue weighted by Gasteiger charge is -2.41. The Morgan fingerprint density at radius 3 is 2.48 bits per heavy atom. The van der Waals surface area contributed by atoms with Crippen molar-refractivity contribution in [1.82, 2.24) is 14.8 Å². The van der Waals surface area contributed by atoms with E-state index >= 15 is 0 Å². The first-order chi connectivity index (χ1) is 19.5. The Hall–Kier alpha value is -4.10. The average Bonchev–Trinajstić information content (AvgIpc) is 3.33. The molecular weight excluding hydrogens is 500 g/mol. The molecule has 0 aliphatic carbocycles. The average molecular weight is 539 g/mol. The van der Waals surface area contributed by atoms with Crippen LogP contribution in [0.1, 0.15) is 46.8 Å². The van der Waals surface area contributed by atoms with Gasteiger partial charge in [-0.25, -0.2) is 0 Å². The van der Waals surface area contributed by atoms with Gasteiger partial charge < -0.3 is 24.4 Å². The van der Waals surface area contributed by atoms with Crippen molar-refractivity contribution < 1.29 is 14.3 Å². The van der Waals surface area contributed by atoms with E-state index in [0.29, 0.717) is 25.3 Å². The number of ether oxygens (including phenoxy) is 1. The van der Waals surface area contributed by atoms with Gasteiger partial charge in [-0.3, -0.25) is 9.59 Å². The van der Waals surface area contributed by atoms with Gasteiger partial charge in [0.25, 0.3) is 5.91 Å². The van der Waals surface area contributed by atoms with Crippen LogP contribution in [0.15, 0.2) is 85.1 Å². The molecule has 7 nitrogen and oxygen atoms in total. The first-order valence-electron chi connectivity index (χ1n) is 14.1. The van der Waals surface area contributed by atoms with Crippen LogP contribution in [0.4, 0.5) is 5.69 Å². The maximum absolute atomic E-state index is 14.1. The molecule has 0 radical (unpaired) electrons. The normalized spacial score (nSPS) is 16.7. The Labute approximate surface area is 236 Å². The molecule has 0 bridgehead atoms. The van der Waals surface area contributed by atoms with E-state index in [0.717, 1.165) is 41.5 Å². The molecule has 2 amide bonds. The van der Waals surface area contributed by atoms with Crippen LogP contribution in [-0.4, -0.2) is 61.2 Å². The summed E-state index contributed by atoms with van der Waals surface area (Å²) in [4.78, 5) is 32.1. The number of amides is 2. The molecule has 0 spiro atoms. The smallest absolute Gasteiger partial charge is 0.254 e. The Balaban J connectivity index is 1.46. The van der Waals surface area contributed by atoms with Crippen LogP contribution in [0, 0.1) is 0 Å². The second kappa shape index (κ2) is 12.4. The van der Waals surface area contributed by atoms with Gasteiger partial charge >= 0.3 is 0 Å². The number of carbonyl (C=O) groups is 2. The maximum atomic E-state index is 14.1. The first kappa shape index (κ1) is 27.5. The molecule has 1 aromatic heterocycles. The fourth-order valence-corrected chi connectivity index (χ4v) is 5.97. The number of hydrogen-bond acceptors (Lipinski definition) is 4. The van der Waals surface area contributed by atoms with Crippen molar-refractivity contribution in [3.63, 3.8) is 0 Å². The predicted octanol–water partition coefficient (Wildman–Crippen LogP) is 5.14. The number of carbonyl (C=O) groups excluding carboxylic acids is 2. The second-order valence-electron chi connectivity index (χ2n) is 10.3. The highest BCUT2D eigenvalue weighted by molar-refractivity contribution is 6.02. The third kappa shape index (κ3) is 5.34. The molecule has 4 aromatic rings. The molecule has 3 aromatic carbocycles. The van der Waals surface area contributed by atoms with Crippen LogP contribution < -0.4 is 10.2 Å². The topological polar surface area (TPSA) is 66.8 Å². The third-order valence-corrected chi connectivity index (χ3v) is 7.91. The van der Waals surface area contributed by atoms with Gasteiger partial charge in [0.05, 0.1) is 18.6 Å². The van der Waals surface area contributed by atoms with E-state index in [1.54, 1.807) is 7.11 Å². The predicted molar refractivity (Wildman–Crippen MR) is 160 cm³/mol. The maximum Gasteiger partial charge on any atom is 0.254 e. The molecule has 5 rings (SSSR count). The van der Waals surface area contributed by atoms with E-state index in [1.807, 2.05) is 66.5 Å². The molecule has 0 fully saturated rings. The quantitative estimate of drug-likeness (QED) is 0.269. The minimum absolute atomic E-state index is 0.0666. The highest BCUT2D eigenvalue weighted by atomic mass is 16.5. The SMILES string of the molecule is CCN(CCCNC(=O)C1c2ccccc2C(=O)N(CCOC)C1c1cn(C)c2ccccc12)c1ccccc1. The number of nitrogens with one attached hydrogen (secondary N) is 1. The molecular formula is C33H38N4O3. The minimum Gasteiger partial charge on any atom is -0.383 e. The van der Waals surface area contributed by atoms with Crippen molar-refractivity contribution in [2.75, 3.05) is 44.8 Å². The molecule has 0 saturated heterocycles. The van der Waals surface area contributed by atoms with E-state index in [9.17, 15) is 9.59 Å². The van der Waals surface area contributed by atoms with Gasteiger partial charge in [0, 0.05) is 74.3 Å². The largest absolute Gasteiger partial charge is 0.383 e. The highest BCUT2D eigenvalue weighted by Crippen LogP contribution is 2.45. The number of nitrogens with zero attached hydrogens (tertiary/aromatic N) is 3. The summed E-state index contributed by atoms with van der Waals surface area (Å²) in [5.41, 5.74) is 4.57. The number of anilines is 1. The monoisotopic (exact) mass is 538 g/mol. The molecule has 7 heteroatoms. The Kier molecular flexibility index (Phi) is 8.51. The van der Waals surface area contributed by atoms with E-state index in [4.69, 9.17) is 4.74 Å². The van der Waals surface area contributed by atoms with Crippen LogP contribution in [0.25, 0.3) is 10.9 Å². The summed E-state index contributed by atoms with van der Waals surface area (Å²) in [6.07, 6.45) is 2.88. The van der Waals surface area contributed by atoms with E-state index in [1.165, 1.54) is 5.69 Å². The lowest BCUT2D eigenvalue weighted by Crippen LogP contribution is -2.48. The summed E-state index contributed by atoms with van der Waals surface area (Å²) in [5, 5.41) is 4.27. The molecule has 208 valence electrons. The number of rotatable bonds is 11. The van der Waals surface area contributed by atoms with Crippen LogP contribution in [0.5, 0.6) is 0 Å². The van der Waals surface area contributed by atoms with Crippen molar-refractivity contribution in [3.05, 3.63) is 102 Å². The lowest BCUT2D eigenvalue weighted by atomic mass is 9.79. The Bertz CT molecular complexity index is 1470. The Morgan fingerprint density at radius 1 is 0.975 bits per heavy atom. The fourth-order valence-electron chi connectivity index (χ4n) is 5.97. The molecule has 0 saturated carbocycles. The molecule has 1 aliphatic rings. The molecule has 1 N–H and O–H groups in total. The van der Waals surface area contributed by atoms with E-state index < -0.39 is 12.0 Å². The summed E-state index contributed by atoms with van der Waals surface area (Å²) >= 11 is 0. The molecule has 1 aliphatic heterocycles. The summed E-state index contributed by atoms with van der Waals surface area (Å²) < 4.78 is 7.47. The summed E-state index contributed by atoms with van der Waals surface area (Å²) in [5.74, 6) is -0.688. The van der Waals surface area contributed by atoms with Crippen molar-refractivity contribution in [1.29, 1.82) is 0 Å². The van der Waals surface area contributed by atoms with E-state index in [2.05, 4.69) is 52.2 Å². The number of para-hydroxylation sites is 2. The van der Waals surface area contributed by atoms with Crippen molar-refractivity contribution in [3.8, 4) is 0 Å². The number of hydrogen-bond donors (Lipinski definition) is 1. The first-order valence-corrected chi connectivity index (χ1v) is 14.1. The van der Waals surface area contributed by atoms with Crippen LogP contribution in [0.2, 0.25) is 0 Å². The van der Waals surface area contributed by atoms with Gasteiger partial charge in [-0.2, -0.15) is 0 Å². The van der Waals surface area contributed by atoms with Gasteiger partial charge in [-0.05, 0) is 43.2 Å². The lowest BCUT2D eigenvalue weighted by molar-refractivity contribution is -0.124. The Morgan fingerprint density at radius 2 is 1.70 bits per heavy atom. The van der Waals surface area contributed by atoms with Gasteiger partial charge in [0.15, 0.2) is 0 Å².